The van der Waals surface area contributed by atoms with Crippen LogP contribution in [0.1, 0.15) is 10.6 Å². The first kappa shape index (κ1) is 15.2. The number of aromatic nitrogens is 4. The Balaban J connectivity index is 1.56. The molecular weight excluding hydrogens is 312 g/mol. The minimum absolute atomic E-state index is 0.208. The van der Waals surface area contributed by atoms with Crippen molar-refractivity contribution in [3.05, 3.63) is 52.7 Å². The van der Waals surface area contributed by atoms with Gasteiger partial charge in [-0.1, -0.05) is 6.07 Å². The largest absolute Gasteiger partial charge is 0.333 e. The molecule has 0 atom stereocenters. The molecule has 3 aromatic heterocycles. The van der Waals surface area contributed by atoms with Gasteiger partial charge in [-0.05, 0) is 17.5 Å². The standard InChI is InChI=1S/C15H16N6OS/c1-21-11(7-13(20-21)14-10-16-4-5-17-14)8-18-15(22)19-9-12-3-2-6-23-12/h2-7,10H,8-9H2,1H3,(H2,18,19,22). The van der Waals surface area contributed by atoms with Gasteiger partial charge in [0.25, 0.3) is 0 Å². The molecule has 0 aromatic carbocycles. The highest BCUT2D eigenvalue weighted by Crippen LogP contribution is 2.14. The summed E-state index contributed by atoms with van der Waals surface area (Å²) in [4.78, 5) is 21.2. The summed E-state index contributed by atoms with van der Waals surface area (Å²) in [6.07, 6.45) is 4.90. The molecule has 0 aliphatic carbocycles. The number of carbonyl (C=O) groups is 1. The highest BCUT2D eigenvalue weighted by Gasteiger charge is 2.09. The van der Waals surface area contributed by atoms with Crippen LogP contribution in [0.3, 0.4) is 0 Å². The predicted molar refractivity (Wildman–Crippen MR) is 87.6 cm³/mol. The van der Waals surface area contributed by atoms with Crippen LogP contribution in [0.4, 0.5) is 4.79 Å². The molecule has 118 valence electrons. The van der Waals surface area contributed by atoms with E-state index in [1.165, 1.54) is 0 Å². The SMILES string of the molecule is Cn1nc(-c2cnccn2)cc1CNC(=O)NCc1cccs1. The number of aryl methyl sites for hydroxylation is 1. The summed E-state index contributed by atoms with van der Waals surface area (Å²) < 4.78 is 1.73. The second-order valence-electron chi connectivity index (χ2n) is 4.85. The molecule has 0 saturated heterocycles. The first-order valence-electron chi connectivity index (χ1n) is 7.06. The minimum atomic E-state index is -0.208. The van der Waals surface area contributed by atoms with Crippen LogP contribution in [0.15, 0.2) is 42.2 Å². The molecule has 0 unspecified atom stereocenters. The topological polar surface area (TPSA) is 84.7 Å². The molecule has 0 radical (unpaired) electrons. The van der Waals surface area contributed by atoms with Crippen molar-refractivity contribution >= 4 is 17.4 Å². The number of rotatable bonds is 5. The molecule has 3 rings (SSSR count). The average molecular weight is 328 g/mol. The van der Waals surface area contributed by atoms with Crippen molar-refractivity contribution in [1.29, 1.82) is 0 Å². The van der Waals surface area contributed by atoms with Crippen molar-refractivity contribution < 1.29 is 4.79 Å². The molecule has 0 spiro atoms. The van der Waals surface area contributed by atoms with Crippen molar-refractivity contribution in [2.45, 2.75) is 13.1 Å². The maximum Gasteiger partial charge on any atom is 0.315 e. The zero-order chi connectivity index (χ0) is 16.1. The summed E-state index contributed by atoms with van der Waals surface area (Å²) in [5, 5.41) is 12.0. The summed E-state index contributed by atoms with van der Waals surface area (Å²) in [6, 6.07) is 5.63. The van der Waals surface area contributed by atoms with Crippen molar-refractivity contribution in [3.8, 4) is 11.4 Å². The molecule has 2 amide bonds. The van der Waals surface area contributed by atoms with Gasteiger partial charge in [0.1, 0.15) is 11.4 Å². The molecule has 0 bridgehead atoms. The second-order valence-corrected chi connectivity index (χ2v) is 5.88. The third-order valence-electron chi connectivity index (χ3n) is 3.24. The Morgan fingerprint density at radius 2 is 2.13 bits per heavy atom. The zero-order valence-electron chi connectivity index (χ0n) is 12.6. The Bertz CT molecular complexity index is 769. The van der Waals surface area contributed by atoms with Gasteiger partial charge in [0, 0.05) is 24.3 Å². The molecule has 0 fully saturated rings. The van der Waals surface area contributed by atoms with Crippen LogP contribution in [0, 0.1) is 0 Å². The van der Waals surface area contributed by atoms with E-state index in [4.69, 9.17) is 0 Å². The number of thiophene rings is 1. The lowest BCUT2D eigenvalue weighted by atomic mass is 10.3. The van der Waals surface area contributed by atoms with Gasteiger partial charge in [-0.2, -0.15) is 5.10 Å². The van der Waals surface area contributed by atoms with Gasteiger partial charge in [-0.25, -0.2) is 4.79 Å². The van der Waals surface area contributed by atoms with Gasteiger partial charge in [0.15, 0.2) is 0 Å². The van der Waals surface area contributed by atoms with Crippen molar-refractivity contribution in [2.75, 3.05) is 0 Å². The monoisotopic (exact) mass is 328 g/mol. The lowest BCUT2D eigenvalue weighted by Gasteiger charge is -2.06. The molecule has 0 aliphatic heterocycles. The second kappa shape index (κ2) is 7.01. The lowest BCUT2D eigenvalue weighted by molar-refractivity contribution is 0.240. The third-order valence-corrected chi connectivity index (χ3v) is 4.11. The van der Waals surface area contributed by atoms with E-state index >= 15 is 0 Å². The van der Waals surface area contributed by atoms with Crippen molar-refractivity contribution in [2.24, 2.45) is 7.05 Å². The van der Waals surface area contributed by atoms with E-state index in [9.17, 15) is 4.79 Å². The van der Waals surface area contributed by atoms with Crippen LogP contribution >= 0.6 is 11.3 Å². The number of nitrogens with zero attached hydrogens (tertiary/aromatic N) is 4. The van der Waals surface area contributed by atoms with Gasteiger partial charge < -0.3 is 10.6 Å². The number of urea groups is 1. The lowest BCUT2D eigenvalue weighted by Crippen LogP contribution is -2.34. The first-order chi connectivity index (χ1) is 11.2. The van der Waals surface area contributed by atoms with Crippen molar-refractivity contribution in [1.82, 2.24) is 30.4 Å². The van der Waals surface area contributed by atoms with Crippen molar-refractivity contribution in [3.63, 3.8) is 0 Å². The molecule has 7 nitrogen and oxygen atoms in total. The molecule has 23 heavy (non-hydrogen) atoms. The third kappa shape index (κ3) is 3.92. The maximum atomic E-state index is 11.8. The van der Waals surface area contributed by atoms with E-state index in [-0.39, 0.29) is 6.03 Å². The van der Waals surface area contributed by atoms with Crippen LogP contribution in [-0.2, 0) is 20.1 Å². The Morgan fingerprint density at radius 1 is 1.26 bits per heavy atom. The number of carbonyl (C=O) groups excluding carboxylic acids is 1. The molecule has 8 heteroatoms. The molecule has 3 heterocycles. The van der Waals surface area contributed by atoms with Crippen LogP contribution < -0.4 is 10.6 Å². The van der Waals surface area contributed by atoms with E-state index in [1.807, 2.05) is 30.6 Å². The number of hydrogen-bond donors (Lipinski definition) is 2. The predicted octanol–water partition coefficient (Wildman–Crippen LogP) is 1.94. The molecule has 2 N–H and O–H groups in total. The summed E-state index contributed by atoms with van der Waals surface area (Å²) in [5.74, 6) is 0. The Hall–Kier alpha value is -2.74. The summed E-state index contributed by atoms with van der Waals surface area (Å²) >= 11 is 1.61. The first-order valence-corrected chi connectivity index (χ1v) is 7.94. The van der Waals surface area contributed by atoms with Crippen LogP contribution in [0.2, 0.25) is 0 Å². The normalized spacial score (nSPS) is 10.5. The number of hydrogen-bond acceptors (Lipinski definition) is 5. The summed E-state index contributed by atoms with van der Waals surface area (Å²) in [5.41, 5.74) is 2.32. The highest BCUT2D eigenvalue weighted by atomic mass is 32.1. The van der Waals surface area contributed by atoms with E-state index in [0.717, 1.165) is 16.3 Å². The number of nitrogens with one attached hydrogen (secondary N) is 2. The Kier molecular flexibility index (Phi) is 4.62. The van der Waals surface area contributed by atoms with Gasteiger partial charge >= 0.3 is 6.03 Å². The number of amides is 2. The van der Waals surface area contributed by atoms with Crippen LogP contribution in [0.25, 0.3) is 11.4 Å². The highest BCUT2D eigenvalue weighted by molar-refractivity contribution is 7.09. The van der Waals surface area contributed by atoms with E-state index < -0.39 is 0 Å². The van der Waals surface area contributed by atoms with Gasteiger partial charge in [0.2, 0.25) is 0 Å². The Morgan fingerprint density at radius 3 is 2.87 bits per heavy atom. The van der Waals surface area contributed by atoms with E-state index in [1.54, 1.807) is 34.6 Å². The molecule has 3 aromatic rings. The minimum Gasteiger partial charge on any atom is -0.333 e. The molecule has 0 saturated carbocycles. The maximum absolute atomic E-state index is 11.8. The van der Waals surface area contributed by atoms with E-state index in [0.29, 0.717) is 18.8 Å². The zero-order valence-corrected chi connectivity index (χ0v) is 13.4. The Labute approximate surface area is 137 Å². The molecular formula is C15H16N6OS. The van der Waals surface area contributed by atoms with E-state index in [2.05, 4.69) is 25.7 Å². The summed E-state index contributed by atoms with van der Waals surface area (Å²) in [7, 11) is 1.83. The van der Waals surface area contributed by atoms with Gasteiger partial charge in [-0.3, -0.25) is 14.6 Å². The average Bonchev–Trinajstić information content (AvgIpc) is 3.21. The fourth-order valence-corrected chi connectivity index (χ4v) is 2.69. The van der Waals surface area contributed by atoms with Gasteiger partial charge in [-0.15, -0.1) is 11.3 Å². The fourth-order valence-electron chi connectivity index (χ4n) is 2.04. The smallest absolute Gasteiger partial charge is 0.315 e. The fraction of sp³-hybridized carbons (Fsp3) is 0.200. The van der Waals surface area contributed by atoms with Crippen LogP contribution in [0.5, 0.6) is 0 Å². The molecule has 0 aliphatic rings. The summed E-state index contributed by atoms with van der Waals surface area (Å²) in [6.45, 7) is 0.916. The quantitative estimate of drug-likeness (QED) is 0.749. The van der Waals surface area contributed by atoms with Crippen LogP contribution in [-0.4, -0.2) is 25.8 Å². The van der Waals surface area contributed by atoms with Gasteiger partial charge in [0.05, 0.1) is 25.0 Å².